The topological polar surface area (TPSA) is 95.9 Å². The molecule has 0 aromatic heterocycles. The number of benzene rings is 3. The fourth-order valence-corrected chi connectivity index (χ4v) is 7.02. The van der Waals surface area contributed by atoms with Crippen LogP contribution >= 0.6 is 23.4 Å². The van der Waals surface area contributed by atoms with Crippen molar-refractivity contribution in [2.45, 2.75) is 39.4 Å². The van der Waals surface area contributed by atoms with Crippen LogP contribution in [0.5, 0.6) is 5.75 Å². The van der Waals surface area contributed by atoms with Crippen molar-refractivity contribution in [1.82, 2.24) is 5.32 Å². The van der Waals surface area contributed by atoms with Crippen LogP contribution < -0.4 is 15.0 Å². The van der Waals surface area contributed by atoms with Crippen molar-refractivity contribution in [3.05, 3.63) is 70.7 Å². The molecular weight excluding hydrogens is 572 g/mol. The highest BCUT2D eigenvalue weighted by atomic mass is 35.5. The van der Waals surface area contributed by atoms with Crippen molar-refractivity contribution in [1.29, 1.82) is 0 Å². The molecule has 2 aliphatic rings. The van der Waals surface area contributed by atoms with Gasteiger partial charge in [0.05, 0.1) is 24.0 Å². The lowest BCUT2D eigenvalue weighted by molar-refractivity contribution is -0.147. The Bertz CT molecular complexity index is 1450. The van der Waals surface area contributed by atoms with Gasteiger partial charge in [-0.15, -0.1) is 11.8 Å². The Kier molecular flexibility index (Phi) is 10.2. The molecule has 42 heavy (non-hydrogen) atoms. The average Bonchev–Trinajstić information content (AvgIpc) is 3.08. The molecule has 7 nitrogen and oxygen atoms in total. The maximum atomic E-state index is 13.1. The average molecular weight is 611 g/mol. The van der Waals surface area contributed by atoms with Crippen LogP contribution in [-0.4, -0.2) is 55.3 Å². The fraction of sp³-hybridized carbons (Fsp3) is 0.424. The number of ketones is 1. The first-order chi connectivity index (χ1) is 19.9. The Balaban J connectivity index is 0.000000283. The first-order valence-electron chi connectivity index (χ1n) is 14.1. The lowest BCUT2D eigenvalue weighted by Gasteiger charge is -2.30. The van der Waals surface area contributed by atoms with Gasteiger partial charge in [0, 0.05) is 35.1 Å². The molecule has 1 unspecified atom stereocenters. The first kappa shape index (κ1) is 31.9. The van der Waals surface area contributed by atoms with Crippen molar-refractivity contribution in [3.63, 3.8) is 0 Å². The molecule has 1 amide bonds. The zero-order valence-corrected chi connectivity index (χ0v) is 26.3. The summed E-state index contributed by atoms with van der Waals surface area (Å²) in [6.45, 7) is 9.78. The van der Waals surface area contributed by atoms with Crippen LogP contribution in [0, 0.1) is 17.3 Å². The van der Waals surface area contributed by atoms with Crippen LogP contribution in [0.15, 0.2) is 54.6 Å². The molecule has 0 saturated carbocycles. The lowest BCUT2D eigenvalue weighted by Crippen LogP contribution is -2.43. The molecule has 2 aliphatic heterocycles. The number of halogens is 1. The Labute approximate surface area is 256 Å². The number of hydrogen-bond donors (Lipinski definition) is 2. The lowest BCUT2D eigenvalue weighted by atomic mass is 9.84. The number of nitrogens with one attached hydrogen (secondary N) is 1. The van der Waals surface area contributed by atoms with E-state index in [1.54, 1.807) is 18.9 Å². The van der Waals surface area contributed by atoms with Crippen LogP contribution in [0.25, 0.3) is 10.8 Å². The van der Waals surface area contributed by atoms with Crippen LogP contribution in [0.2, 0.25) is 5.02 Å². The number of hydrogen-bond acceptors (Lipinski definition) is 6. The number of thioether (sulfide) groups is 1. The predicted molar refractivity (Wildman–Crippen MR) is 171 cm³/mol. The number of carboxylic acid groups (broad SMARTS) is 1. The van der Waals surface area contributed by atoms with E-state index in [9.17, 15) is 14.4 Å². The van der Waals surface area contributed by atoms with Gasteiger partial charge in [0.15, 0.2) is 0 Å². The number of fused-ring (bicyclic) bond motifs is 2. The number of ether oxygens (including phenoxy) is 1. The Morgan fingerprint density at radius 2 is 1.79 bits per heavy atom. The molecule has 1 saturated heterocycles. The summed E-state index contributed by atoms with van der Waals surface area (Å²) in [4.78, 5) is 36.8. The number of amides is 1. The van der Waals surface area contributed by atoms with Gasteiger partial charge < -0.3 is 20.1 Å². The number of carboxylic acids is 1. The minimum absolute atomic E-state index is 0.00317. The molecule has 3 aromatic rings. The third-order valence-corrected chi connectivity index (χ3v) is 9.10. The number of aliphatic carboxylic acids is 1. The molecule has 1 fully saturated rings. The SMILES string of the molecule is CC(=O)[C@H]1CNCC[C@@H]1C(=O)O.COc1ccc(C2SCC(=O)N(CC(C)(C)C)c3ccc(Cl)cc32)c2ccccc12. The maximum Gasteiger partial charge on any atom is 0.307 e. The van der Waals surface area contributed by atoms with E-state index in [0.717, 1.165) is 27.8 Å². The third kappa shape index (κ3) is 7.28. The van der Waals surface area contributed by atoms with Crippen molar-refractivity contribution >= 4 is 57.5 Å². The van der Waals surface area contributed by atoms with Gasteiger partial charge >= 0.3 is 5.97 Å². The highest BCUT2D eigenvalue weighted by Crippen LogP contribution is 2.47. The van der Waals surface area contributed by atoms with Gasteiger partial charge in [-0.3, -0.25) is 14.4 Å². The molecular formula is C33H39ClN2O5S. The largest absolute Gasteiger partial charge is 0.496 e. The van der Waals surface area contributed by atoms with E-state index < -0.39 is 11.9 Å². The summed E-state index contributed by atoms with van der Waals surface area (Å²) in [5.74, 6) is -0.289. The summed E-state index contributed by atoms with van der Waals surface area (Å²) in [5.41, 5.74) is 3.20. The number of piperidine rings is 1. The van der Waals surface area contributed by atoms with E-state index >= 15 is 0 Å². The second-order valence-electron chi connectivity index (χ2n) is 12.0. The second kappa shape index (κ2) is 13.5. The molecule has 0 radical (unpaired) electrons. The van der Waals surface area contributed by atoms with Gasteiger partial charge in [-0.05, 0) is 66.1 Å². The van der Waals surface area contributed by atoms with Crippen LogP contribution in [0.4, 0.5) is 5.69 Å². The molecule has 9 heteroatoms. The second-order valence-corrected chi connectivity index (χ2v) is 13.5. The van der Waals surface area contributed by atoms with Crippen LogP contribution in [0.3, 0.4) is 0 Å². The van der Waals surface area contributed by atoms with E-state index in [2.05, 4.69) is 44.3 Å². The summed E-state index contributed by atoms with van der Waals surface area (Å²) in [6.07, 6.45) is 0.555. The van der Waals surface area contributed by atoms with Gasteiger partial charge in [0.1, 0.15) is 11.5 Å². The minimum atomic E-state index is -0.850. The molecule has 5 rings (SSSR count). The summed E-state index contributed by atoms with van der Waals surface area (Å²) < 4.78 is 5.58. The van der Waals surface area contributed by atoms with Crippen LogP contribution in [0.1, 0.15) is 50.5 Å². The van der Waals surface area contributed by atoms with Gasteiger partial charge in [0.2, 0.25) is 5.91 Å². The Morgan fingerprint density at radius 3 is 2.40 bits per heavy atom. The van der Waals surface area contributed by atoms with Crippen molar-refractivity contribution < 1.29 is 24.2 Å². The molecule has 3 atom stereocenters. The van der Waals surface area contributed by atoms with Gasteiger partial charge in [0.25, 0.3) is 0 Å². The predicted octanol–water partition coefficient (Wildman–Crippen LogP) is 6.60. The normalized spacial score (nSPS) is 20.7. The molecule has 224 valence electrons. The number of anilines is 1. The zero-order chi connectivity index (χ0) is 30.6. The number of rotatable bonds is 5. The number of carbonyl (C=O) groups is 3. The van der Waals surface area contributed by atoms with E-state index in [1.165, 1.54) is 12.5 Å². The smallest absolute Gasteiger partial charge is 0.307 e. The third-order valence-electron chi connectivity index (χ3n) is 7.61. The van der Waals surface area contributed by atoms with Gasteiger partial charge in [-0.2, -0.15) is 0 Å². The number of methoxy groups -OCH3 is 1. The summed E-state index contributed by atoms with van der Waals surface area (Å²) in [5, 5.41) is 14.7. The highest BCUT2D eigenvalue weighted by molar-refractivity contribution is 8.00. The maximum absolute atomic E-state index is 13.1. The number of carbonyl (C=O) groups excluding carboxylic acids is 2. The van der Waals surface area contributed by atoms with E-state index in [4.69, 9.17) is 21.4 Å². The number of nitrogens with zero attached hydrogens (tertiary/aromatic N) is 1. The molecule has 0 spiro atoms. The standard InChI is InChI=1S/C25H26ClNO2S.C8H13NO3/c1-25(2,3)15-27-21-11-9-16(26)13-20(21)24(30-14-23(27)28)19-10-12-22(29-4)18-8-6-5-7-17(18)19;1-5(10)7-4-9-3-2-6(7)8(11)12/h5-13,24H,14-15H2,1-4H3;6-7,9H,2-4H2,1H3,(H,11,12)/t;6-,7+/m.0/s1. The Morgan fingerprint density at radius 1 is 1.07 bits per heavy atom. The quantitative estimate of drug-likeness (QED) is 0.336. The van der Waals surface area contributed by atoms with Gasteiger partial charge in [-0.1, -0.05) is 62.7 Å². The Hall–Kier alpha value is -3.07. The summed E-state index contributed by atoms with van der Waals surface area (Å²) in [7, 11) is 1.69. The van der Waals surface area contributed by atoms with E-state index in [-0.39, 0.29) is 28.3 Å². The monoisotopic (exact) mass is 610 g/mol. The van der Waals surface area contributed by atoms with Crippen molar-refractivity contribution in [3.8, 4) is 5.75 Å². The molecule has 3 aromatic carbocycles. The fourth-order valence-electron chi connectivity index (χ4n) is 5.63. The van der Waals surface area contributed by atoms with E-state index in [1.807, 2.05) is 41.3 Å². The van der Waals surface area contributed by atoms with E-state index in [0.29, 0.717) is 36.8 Å². The number of Topliss-reactive ketones (excluding diaryl/α,β-unsaturated/α-hetero) is 1. The highest BCUT2D eigenvalue weighted by Gasteiger charge is 2.34. The summed E-state index contributed by atoms with van der Waals surface area (Å²) >= 11 is 8.10. The first-order valence-corrected chi connectivity index (χ1v) is 15.5. The molecule has 2 N–H and O–H groups in total. The van der Waals surface area contributed by atoms with Crippen molar-refractivity contribution in [2.24, 2.45) is 17.3 Å². The van der Waals surface area contributed by atoms with Gasteiger partial charge in [-0.25, -0.2) is 0 Å². The molecule has 2 heterocycles. The van der Waals surface area contributed by atoms with Crippen molar-refractivity contribution in [2.75, 3.05) is 37.4 Å². The molecule has 0 aliphatic carbocycles. The zero-order valence-electron chi connectivity index (χ0n) is 24.8. The van der Waals surface area contributed by atoms with Crippen LogP contribution in [-0.2, 0) is 14.4 Å². The minimum Gasteiger partial charge on any atom is -0.496 e. The molecule has 0 bridgehead atoms. The summed E-state index contributed by atoms with van der Waals surface area (Å²) in [6, 6.07) is 18.3.